The van der Waals surface area contributed by atoms with Crippen molar-refractivity contribution in [3.8, 4) is 0 Å². The van der Waals surface area contributed by atoms with Gasteiger partial charge in [0, 0.05) is 6.10 Å². The SMILES string of the molecule is B[C@H]1CC[C@H]1O. The van der Waals surface area contributed by atoms with Crippen molar-refractivity contribution in [2.24, 2.45) is 0 Å². The highest BCUT2D eigenvalue weighted by molar-refractivity contribution is 6.12. The van der Waals surface area contributed by atoms with Gasteiger partial charge < -0.3 is 5.11 Å². The average Bonchev–Trinajstić information content (AvgIpc) is 1.61. The minimum Gasteiger partial charge on any atom is -0.394 e. The number of rotatable bonds is 0. The predicted octanol–water partition coefficient (Wildman–Crippen LogP) is -0.437. The normalized spacial score (nSPS) is 44.8. The van der Waals surface area contributed by atoms with Crippen LogP contribution in [0.25, 0.3) is 0 Å². The van der Waals surface area contributed by atoms with E-state index in [1.54, 1.807) is 0 Å². The summed E-state index contributed by atoms with van der Waals surface area (Å²) in [6, 6.07) is 0. The first-order valence-electron chi connectivity index (χ1n) is 2.49. The molecule has 1 aliphatic rings. The van der Waals surface area contributed by atoms with Gasteiger partial charge in [-0.25, -0.2) is 0 Å². The Morgan fingerprint density at radius 1 is 1.50 bits per heavy atom. The topological polar surface area (TPSA) is 20.2 Å². The molecule has 0 amide bonds. The van der Waals surface area contributed by atoms with E-state index in [1.165, 1.54) is 6.42 Å². The molecule has 1 saturated carbocycles. The summed E-state index contributed by atoms with van der Waals surface area (Å²) >= 11 is 0. The Kier molecular flexibility index (Phi) is 0.883. The van der Waals surface area contributed by atoms with Crippen LogP contribution in [0.2, 0.25) is 5.82 Å². The fraction of sp³-hybridized carbons (Fsp3) is 1.00. The van der Waals surface area contributed by atoms with E-state index in [1.807, 2.05) is 0 Å². The molecule has 0 unspecified atom stereocenters. The quantitative estimate of drug-likeness (QED) is 0.394. The van der Waals surface area contributed by atoms with Crippen LogP contribution in [-0.2, 0) is 0 Å². The first-order valence-corrected chi connectivity index (χ1v) is 2.49. The molecule has 0 saturated heterocycles. The van der Waals surface area contributed by atoms with Gasteiger partial charge in [-0.05, 0) is 12.2 Å². The molecule has 1 nitrogen and oxygen atoms in total. The van der Waals surface area contributed by atoms with Crippen LogP contribution < -0.4 is 0 Å². The molecule has 0 radical (unpaired) electrons. The largest absolute Gasteiger partial charge is 0.394 e. The highest BCUT2D eigenvalue weighted by Crippen LogP contribution is 2.28. The van der Waals surface area contributed by atoms with Crippen molar-refractivity contribution in [3.63, 3.8) is 0 Å². The second-order valence-electron chi connectivity index (χ2n) is 2.12. The summed E-state index contributed by atoms with van der Waals surface area (Å²) in [5.41, 5.74) is 0. The number of hydrogen-bond donors (Lipinski definition) is 1. The van der Waals surface area contributed by atoms with Crippen LogP contribution in [0.15, 0.2) is 0 Å². The van der Waals surface area contributed by atoms with Crippen LogP contribution in [0, 0.1) is 0 Å². The Morgan fingerprint density at radius 2 is 2.00 bits per heavy atom. The molecule has 0 aromatic rings. The van der Waals surface area contributed by atoms with E-state index in [2.05, 4.69) is 7.85 Å². The molecular weight excluding hydrogens is 74.9 g/mol. The Hall–Kier alpha value is 0.0249. The maximum absolute atomic E-state index is 8.72. The van der Waals surface area contributed by atoms with Crippen LogP contribution in [-0.4, -0.2) is 19.1 Å². The molecule has 0 aliphatic heterocycles. The Morgan fingerprint density at radius 3 is 2.00 bits per heavy atom. The van der Waals surface area contributed by atoms with Crippen molar-refractivity contribution in [2.75, 3.05) is 0 Å². The van der Waals surface area contributed by atoms with E-state index < -0.39 is 0 Å². The molecule has 34 valence electrons. The smallest absolute Gasteiger partial charge is 0.108 e. The van der Waals surface area contributed by atoms with E-state index in [-0.39, 0.29) is 6.10 Å². The van der Waals surface area contributed by atoms with Crippen molar-refractivity contribution in [1.29, 1.82) is 0 Å². The molecular formula is C4H9BO. The Bertz CT molecular complexity index is 47.5. The fourth-order valence-corrected chi connectivity index (χ4v) is 0.649. The van der Waals surface area contributed by atoms with Crippen LogP contribution >= 0.6 is 0 Å². The van der Waals surface area contributed by atoms with Crippen molar-refractivity contribution >= 4 is 7.85 Å². The number of aliphatic hydroxyl groups excluding tert-OH is 1. The van der Waals surface area contributed by atoms with E-state index in [0.717, 1.165) is 6.42 Å². The second-order valence-corrected chi connectivity index (χ2v) is 2.12. The first kappa shape index (κ1) is 4.19. The van der Waals surface area contributed by atoms with Gasteiger partial charge in [-0.3, -0.25) is 0 Å². The van der Waals surface area contributed by atoms with Gasteiger partial charge >= 0.3 is 0 Å². The van der Waals surface area contributed by atoms with E-state index in [4.69, 9.17) is 5.11 Å². The van der Waals surface area contributed by atoms with E-state index in [0.29, 0.717) is 5.82 Å². The second kappa shape index (κ2) is 1.26. The summed E-state index contributed by atoms with van der Waals surface area (Å²) in [6.07, 6.45) is 2.28. The number of aliphatic hydroxyl groups is 1. The maximum Gasteiger partial charge on any atom is 0.108 e. The van der Waals surface area contributed by atoms with Crippen molar-refractivity contribution in [2.45, 2.75) is 24.8 Å². The standard InChI is InChI=1S/C4H9BO/c5-3-1-2-4(3)6/h3-4,6H,1-2,5H2/t3-,4+/m0/s1. The zero-order valence-corrected chi connectivity index (χ0v) is 4.02. The molecule has 1 fully saturated rings. The van der Waals surface area contributed by atoms with Crippen molar-refractivity contribution < 1.29 is 5.11 Å². The van der Waals surface area contributed by atoms with Gasteiger partial charge in [0.1, 0.15) is 7.85 Å². The van der Waals surface area contributed by atoms with E-state index >= 15 is 0 Å². The summed E-state index contributed by atoms with van der Waals surface area (Å²) < 4.78 is 0. The molecule has 2 atom stereocenters. The van der Waals surface area contributed by atoms with Crippen molar-refractivity contribution in [3.05, 3.63) is 0 Å². The minimum absolute atomic E-state index is 0.0324. The van der Waals surface area contributed by atoms with Gasteiger partial charge in [0.2, 0.25) is 0 Å². The third-order valence-electron chi connectivity index (χ3n) is 1.57. The molecule has 2 heteroatoms. The molecule has 6 heavy (non-hydrogen) atoms. The molecule has 1 rings (SSSR count). The summed E-state index contributed by atoms with van der Waals surface area (Å²) in [5, 5.41) is 8.72. The molecule has 1 aliphatic carbocycles. The molecule has 0 spiro atoms. The van der Waals surface area contributed by atoms with Crippen molar-refractivity contribution in [1.82, 2.24) is 0 Å². The summed E-state index contributed by atoms with van der Waals surface area (Å²) in [6.45, 7) is 0. The van der Waals surface area contributed by atoms with Gasteiger partial charge in [-0.1, -0.05) is 6.42 Å². The zero-order valence-electron chi connectivity index (χ0n) is 4.02. The summed E-state index contributed by atoms with van der Waals surface area (Å²) in [4.78, 5) is 0. The highest BCUT2D eigenvalue weighted by atomic mass is 16.3. The minimum atomic E-state index is 0.0324. The lowest BCUT2D eigenvalue weighted by Gasteiger charge is -2.28. The lowest BCUT2D eigenvalue weighted by Crippen LogP contribution is -2.25. The average molecular weight is 83.9 g/mol. The predicted molar refractivity (Wildman–Crippen MR) is 27.5 cm³/mol. The van der Waals surface area contributed by atoms with Gasteiger partial charge in [-0.15, -0.1) is 0 Å². The van der Waals surface area contributed by atoms with Crippen LogP contribution in [0.1, 0.15) is 12.8 Å². The first-order chi connectivity index (χ1) is 2.80. The Balaban J connectivity index is 2.20. The molecule has 0 aromatic carbocycles. The highest BCUT2D eigenvalue weighted by Gasteiger charge is 2.22. The molecule has 0 aromatic heterocycles. The van der Waals surface area contributed by atoms with Gasteiger partial charge in [0.05, 0.1) is 0 Å². The monoisotopic (exact) mass is 84.1 g/mol. The molecule has 1 N–H and O–H groups in total. The van der Waals surface area contributed by atoms with Crippen LogP contribution in [0.4, 0.5) is 0 Å². The Labute approximate surface area is 38.8 Å². The van der Waals surface area contributed by atoms with Gasteiger partial charge in [0.15, 0.2) is 0 Å². The third kappa shape index (κ3) is 0.452. The lowest BCUT2D eigenvalue weighted by atomic mass is 9.68. The molecule has 0 heterocycles. The van der Waals surface area contributed by atoms with Crippen LogP contribution in [0.5, 0.6) is 0 Å². The third-order valence-corrected chi connectivity index (χ3v) is 1.57. The summed E-state index contributed by atoms with van der Waals surface area (Å²) in [5.74, 6) is 0.588. The maximum atomic E-state index is 8.72. The zero-order chi connectivity index (χ0) is 4.57. The molecule has 0 bridgehead atoms. The fourth-order valence-electron chi connectivity index (χ4n) is 0.649. The van der Waals surface area contributed by atoms with Gasteiger partial charge in [0.25, 0.3) is 0 Å². The van der Waals surface area contributed by atoms with E-state index in [9.17, 15) is 0 Å². The number of hydrogen-bond acceptors (Lipinski definition) is 1. The van der Waals surface area contributed by atoms with Crippen LogP contribution in [0.3, 0.4) is 0 Å². The summed E-state index contributed by atoms with van der Waals surface area (Å²) in [7, 11) is 2.08. The van der Waals surface area contributed by atoms with Gasteiger partial charge in [-0.2, -0.15) is 0 Å². The lowest BCUT2D eigenvalue weighted by molar-refractivity contribution is 0.0963.